The van der Waals surface area contributed by atoms with Crippen molar-refractivity contribution in [3.63, 3.8) is 0 Å². The summed E-state index contributed by atoms with van der Waals surface area (Å²) in [5.74, 6) is -0.382. The summed E-state index contributed by atoms with van der Waals surface area (Å²) in [4.78, 5) is 12.2. The van der Waals surface area contributed by atoms with Gasteiger partial charge in [0, 0.05) is 22.8 Å². The fourth-order valence-corrected chi connectivity index (χ4v) is 3.24. The number of halogens is 1. The molecule has 2 aromatic carbocycles. The van der Waals surface area contributed by atoms with Crippen molar-refractivity contribution in [3.8, 4) is 0 Å². The summed E-state index contributed by atoms with van der Waals surface area (Å²) < 4.78 is 26.3. The molecule has 3 N–H and O–H groups in total. The lowest BCUT2D eigenvalue weighted by molar-refractivity contribution is 0.0977. The number of carbonyl (C=O) groups excluding carboxylic acids is 1. The molecule has 0 aliphatic rings. The Hall–Kier alpha value is -2.26. The van der Waals surface area contributed by atoms with Crippen molar-refractivity contribution in [2.24, 2.45) is 0 Å². The third-order valence-electron chi connectivity index (χ3n) is 3.17. The SMILES string of the molecule is C=CCNS(=O)(=O)c1ccc(NC(=S)NC(=O)c2ccc(Cl)cc2)cc1. The number of amides is 1. The first-order valence-corrected chi connectivity index (χ1v) is 9.67. The Morgan fingerprint density at radius 1 is 1.12 bits per heavy atom. The average molecular weight is 410 g/mol. The summed E-state index contributed by atoms with van der Waals surface area (Å²) in [5, 5.41) is 5.97. The summed E-state index contributed by atoms with van der Waals surface area (Å²) >= 11 is 10.9. The van der Waals surface area contributed by atoms with Gasteiger partial charge in [0.05, 0.1) is 4.90 Å². The topological polar surface area (TPSA) is 87.3 Å². The Morgan fingerprint density at radius 2 is 1.73 bits per heavy atom. The molecule has 0 spiro atoms. The molecule has 0 aliphatic heterocycles. The number of carbonyl (C=O) groups is 1. The van der Waals surface area contributed by atoms with E-state index in [1.54, 1.807) is 36.4 Å². The molecule has 0 unspecified atom stereocenters. The lowest BCUT2D eigenvalue weighted by Gasteiger charge is -2.10. The molecule has 1 amide bonds. The highest BCUT2D eigenvalue weighted by Crippen LogP contribution is 2.14. The molecule has 0 atom stereocenters. The minimum Gasteiger partial charge on any atom is -0.332 e. The first-order valence-electron chi connectivity index (χ1n) is 7.40. The Morgan fingerprint density at radius 3 is 2.31 bits per heavy atom. The number of hydrogen-bond acceptors (Lipinski definition) is 4. The first-order chi connectivity index (χ1) is 12.3. The van der Waals surface area contributed by atoms with Crippen molar-refractivity contribution in [2.45, 2.75) is 4.90 Å². The summed E-state index contributed by atoms with van der Waals surface area (Å²) in [6.07, 6.45) is 1.45. The molecule has 9 heteroatoms. The van der Waals surface area contributed by atoms with E-state index in [1.807, 2.05) is 0 Å². The van der Waals surface area contributed by atoms with Crippen LogP contribution in [-0.2, 0) is 10.0 Å². The predicted octanol–water partition coefficient (Wildman–Crippen LogP) is 2.93. The van der Waals surface area contributed by atoms with Gasteiger partial charge >= 0.3 is 0 Å². The van der Waals surface area contributed by atoms with Gasteiger partial charge in [0.25, 0.3) is 5.91 Å². The Bertz CT molecular complexity index is 911. The van der Waals surface area contributed by atoms with Gasteiger partial charge in [-0.15, -0.1) is 6.58 Å². The minimum atomic E-state index is -3.59. The van der Waals surface area contributed by atoms with Crippen molar-refractivity contribution in [3.05, 3.63) is 71.8 Å². The Labute approximate surface area is 162 Å². The van der Waals surface area contributed by atoms with Crippen LogP contribution in [0.1, 0.15) is 10.4 Å². The molecule has 26 heavy (non-hydrogen) atoms. The van der Waals surface area contributed by atoms with E-state index in [4.69, 9.17) is 23.8 Å². The Kier molecular flexibility index (Phi) is 6.87. The van der Waals surface area contributed by atoms with Crippen LogP contribution in [0.4, 0.5) is 5.69 Å². The molecule has 6 nitrogen and oxygen atoms in total. The highest BCUT2D eigenvalue weighted by molar-refractivity contribution is 7.89. The summed E-state index contributed by atoms with van der Waals surface area (Å²) in [7, 11) is -3.59. The van der Waals surface area contributed by atoms with Gasteiger partial charge in [0.1, 0.15) is 0 Å². The van der Waals surface area contributed by atoms with E-state index in [0.29, 0.717) is 16.3 Å². The zero-order valence-electron chi connectivity index (χ0n) is 13.5. The summed E-state index contributed by atoms with van der Waals surface area (Å²) in [5.41, 5.74) is 0.947. The van der Waals surface area contributed by atoms with Gasteiger partial charge in [-0.25, -0.2) is 13.1 Å². The lowest BCUT2D eigenvalue weighted by atomic mass is 10.2. The Balaban J connectivity index is 1.98. The number of hydrogen-bond donors (Lipinski definition) is 3. The van der Waals surface area contributed by atoms with Gasteiger partial charge in [-0.2, -0.15) is 0 Å². The van der Waals surface area contributed by atoms with Crippen molar-refractivity contribution < 1.29 is 13.2 Å². The quantitative estimate of drug-likeness (QED) is 0.504. The van der Waals surface area contributed by atoms with Crippen LogP contribution in [0.2, 0.25) is 5.02 Å². The molecular formula is C17H16ClN3O3S2. The van der Waals surface area contributed by atoms with E-state index >= 15 is 0 Å². The molecule has 0 heterocycles. The van der Waals surface area contributed by atoms with E-state index in [2.05, 4.69) is 21.9 Å². The van der Waals surface area contributed by atoms with Gasteiger partial charge in [-0.05, 0) is 60.7 Å². The van der Waals surface area contributed by atoms with Crippen molar-refractivity contribution in [1.82, 2.24) is 10.0 Å². The second-order valence-electron chi connectivity index (χ2n) is 5.08. The highest BCUT2D eigenvalue weighted by atomic mass is 35.5. The average Bonchev–Trinajstić information content (AvgIpc) is 2.61. The number of benzene rings is 2. The first kappa shape index (κ1) is 20.1. The molecule has 0 fully saturated rings. The fourth-order valence-electron chi connectivity index (χ4n) is 1.91. The van der Waals surface area contributed by atoms with Crippen LogP contribution in [0.15, 0.2) is 66.1 Å². The number of rotatable bonds is 6. The van der Waals surface area contributed by atoms with Gasteiger partial charge < -0.3 is 5.32 Å². The fraction of sp³-hybridized carbons (Fsp3) is 0.0588. The van der Waals surface area contributed by atoms with E-state index in [-0.39, 0.29) is 22.5 Å². The molecule has 2 rings (SSSR count). The van der Waals surface area contributed by atoms with Crippen molar-refractivity contribution in [1.29, 1.82) is 0 Å². The van der Waals surface area contributed by atoms with Crippen molar-refractivity contribution in [2.75, 3.05) is 11.9 Å². The van der Waals surface area contributed by atoms with Crippen LogP contribution in [0, 0.1) is 0 Å². The zero-order chi connectivity index (χ0) is 19.2. The minimum absolute atomic E-state index is 0.0883. The van der Waals surface area contributed by atoms with Gasteiger partial charge in [0.15, 0.2) is 5.11 Å². The number of anilines is 1. The summed E-state index contributed by atoms with van der Waals surface area (Å²) in [6.45, 7) is 3.60. The van der Waals surface area contributed by atoms with Crippen molar-refractivity contribution >= 4 is 50.5 Å². The maximum absolute atomic E-state index is 12.1. The predicted molar refractivity (Wildman–Crippen MR) is 107 cm³/mol. The molecule has 0 bridgehead atoms. The standard InChI is InChI=1S/C17H16ClN3O3S2/c1-2-11-19-26(23,24)15-9-7-14(8-10-15)20-17(25)21-16(22)12-3-5-13(18)6-4-12/h2-10,19H,1,11H2,(H2,20,21,22,25). The third-order valence-corrected chi connectivity index (χ3v) is 5.07. The number of sulfonamides is 1. The number of thiocarbonyl (C=S) groups is 1. The summed E-state index contributed by atoms with van der Waals surface area (Å²) in [6, 6.07) is 12.3. The molecule has 136 valence electrons. The van der Waals surface area contributed by atoms with Gasteiger partial charge in [-0.1, -0.05) is 17.7 Å². The van der Waals surface area contributed by atoms with E-state index in [1.165, 1.54) is 18.2 Å². The zero-order valence-corrected chi connectivity index (χ0v) is 15.9. The monoisotopic (exact) mass is 409 g/mol. The van der Waals surface area contributed by atoms with Crippen LogP contribution in [0.25, 0.3) is 0 Å². The van der Waals surface area contributed by atoms with Crippen LogP contribution >= 0.6 is 23.8 Å². The second-order valence-corrected chi connectivity index (χ2v) is 7.69. The largest absolute Gasteiger partial charge is 0.332 e. The molecule has 2 aromatic rings. The molecular weight excluding hydrogens is 394 g/mol. The van der Waals surface area contributed by atoms with E-state index in [0.717, 1.165) is 0 Å². The maximum atomic E-state index is 12.1. The smallest absolute Gasteiger partial charge is 0.257 e. The normalized spacial score (nSPS) is 10.8. The highest BCUT2D eigenvalue weighted by Gasteiger charge is 2.13. The molecule has 0 aliphatic carbocycles. The van der Waals surface area contributed by atoms with E-state index < -0.39 is 10.0 Å². The van der Waals surface area contributed by atoms with Gasteiger partial charge in [-0.3, -0.25) is 10.1 Å². The molecule has 0 radical (unpaired) electrons. The number of nitrogens with one attached hydrogen (secondary N) is 3. The maximum Gasteiger partial charge on any atom is 0.257 e. The van der Waals surface area contributed by atoms with Crippen LogP contribution in [0.5, 0.6) is 0 Å². The molecule has 0 aromatic heterocycles. The van der Waals surface area contributed by atoms with Gasteiger partial charge in [0.2, 0.25) is 10.0 Å². The molecule has 0 saturated heterocycles. The third kappa shape index (κ3) is 5.63. The van der Waals surface area contributed by atoms with Crippen LogP contribution < -0.4 is 15.4 Å². The van der Waals surface area contributed by atoms with Crippen LogP contribution in [0.3, 0.4) is 0 Å². The molecule has 0 saturated carbocycles. The lowest BCUT2D eigenvalue weighted by Crippen LogP contribution is -2.34. The second kappa shape index (κ2) is 8.91. The van der Waals surface area contributed by atoms with E-state index in [9.17, 15) is 13.2 Å². The van der Waals surface area contributed by atoms with Crippen LogP contribution in [-0.4, -0.2) is 26.0 Å².